The summed E-state index contributed by atoms with van der Waals surface area (Å²) < 4.78 is 39.6. The van der Waals surface area contributed by atoms with Gasteiger partial charge in [-0.15, -0.1) is 0 Å². The summed E-state index contributed by atoms with van der Waals surface area (Å²) >= 11 is 0. The molecule has 0 bridgehead atoms. The summed E-state index contributed by atoms with van der Waals surface area (Å²) in [6.45, 7) is 3.67. The lowest BCUT2D eigenvalue weighted by Crippen LogP contribution is -2.32. The Morgan fingerprint density at radius 1 is 1.33 bits per heavy atom. The van der Waals surface area contributed by atoms with Gasteiger partial charge in [-0.1, -0.05) is 0 Å². The number of benzene rings is 1. The number of halogens is 1. The van der Waals surface area contributed by atoms with Crippen LogP contribution in [0, 0.1) is 12.7 Å². The Morgan fingerprint density at radius 2 is 1.95 bits per heavy atom. The largest absolute Gasteiger partial charge is 0.326 e. The SMILES string of the molecule is CCN(c1ccc(F)cc1)S(=O)(=O)c1n[nH]c(C)c1CN. The number of anilines is 1. The van der Waals surface area contributed by atoms with Crippen LogP contribution >= 0.6 is 0 Å². The highest BCUT2D eigenvalue weighted by molar-refractivity contribution is 7.92. The van der Waals surface area contributed by atoms with E-state index < -0.39 is 15.8 Å². The van der Waals surface area contributed by atoms with Crippen LogP contribution in [0.3, 0.4) is 0 Å². The highest BCUT2D eigenvalue weighted by Crippen LogP contribution is 2.25. The molecule has 0 aliphatic rings. The number of nitrogens with zero attached hydrogens (tertiary/aromatic N) is 2. The predicted molar refractivity (Wildman–Crippen MR) is 77.8 cm³/mol. The van der Waals surface area contributed by atoms with E-state index in [1.54, 1.807) is 13.8 Å². The summed E-state index contributed by atoms with van der Waals surface area (Å²) in [5.41, 5.74) is 7.05. The molecule has 0 amide bonds. The van der Waals surface area contributed by atoms with Gasteiger partial charge in [0.05, 0.1) is 5.69 Å². The van der Waals surface area contributed by atoms with Gasteiger partial charge in [-0.3, -0.25) is 9.40 Å². The van der Waals surface area contributed by atoms with Gasteiger partial charge < -0.3 is 5.73 Å². The van der Waals surface area contributed by atoms with Gasteiger partial charge in [-0.2, -0.15) is 13.5 Å². The number of nitrogens with two attached hydrogens (primary N) is 1. The molecule has 114 valence electrons. The van der Waals surface area contributed by atoms with E-state index in [0.29, 0.717) is 16.9 Å². The third-order valence-corrected chi connectivity index (χ3v) is 5.05. The number of H-pyrrole nitrogens is 1. The molecule has 0 saturated carbocycles. The number of sulfonamides is 1. The molecular weight excluding hydrogens is 295 g/mol. The highest BCUT2D eigenvalue weighted by atomic mass is 32.2. The van der Waals surface area contributed by atoms with Crippen molar-refractivity contribution in [3.8, 4) is 0 Å². The van der Waals surface area contributed by atoms with Crippen molar-refractivity contribution < 1.29 is 12.8 Å². The summed E-state index contributed by atoms with van der Waals surface area (Å²) in [5, 5.41) is 6.41. The normalized spacial score (nSPS) is 11.6. The summed E-state index contributed by atoms with van der Waals surface area (Å²) in [6, 6.07) is 5.26. The second-order valence-corrected chi connectivity index (χ2v) is 6.26. The fourth-order valence-electron chi connectivity index (χ4n) is 2.09. The molecular formula is C13H17FN4O2S. The zero-order chi connectivity index (χ0) is 15.6. The van der Waals surface area contributed by atoms with E-state index in [4.69, 9.17) is 5.73 Å². The minimum absolute atomic E-state index is 0.0673. The summed E-state index contributed by atoms with van der Waals surface area (Å²) in [5.74, 6) is -0.425. The summed E-state index contributed by atoms with van der Waals surface area (Å²) in [4.78, 5) is 0. The van der Waals surface area contributed by atoms with Crippen LogP contribution in [0.2, 0.25) is 0 Å². The quantitative estimate of drug-likeness (QED) is 0.876. The number of nitrogens with one attached hydrogen (secondary N) is 1. The Balaban J connectivity index is 2.52. The smallest absolute Gasteiger partial charge is 0.283 e. The summed E-state index contributed by atoms with van der Waals surface area (Å²) in [7, 11) is -3.85. The Bertz CT molecular complexity index is 725. The molecule has 1 aromatic heterocycles. The maximum atomic E-state index is 13.0. The molecule has 1 heterocycles. The van der Waals surface area contributed by atoms with Gasteiger partial charge >= 0.3 is 0 Å². The molecule has 3 N–H and O–H groups in total. The van der Waals surface area contributed by atoms with E-state index in [-0.39, 0.29) is 18.1 Å². The third kappa shape index (κ3) is 2.77. The lowest BCUT2D eigenvalue weighted by atomic mass is 10.3. The standard InChI is InChI=1S/C13H17FN4O2S/c1-3-18(11-6-4-10(14)5-7-11)21(19,20)13-12(8-15)9(2)16-17-13/h4-7H,3,8,15H2,1-2H3,(H,16,17). The fourth-order valence-corrected chi connectivity index (χ4v) is 3.74. The van der Waals surface area contributed by atoms with Crippen LogP contribution in [-0.2, 0) is 16.6 Å². The zero-order valence-electron chi connectivity index (χ0n) is 11.8. The van der Waals surface area contributed by atoms with Crippen LogP contribution in [0.5, 0.6) is 0 Å². The highest BCUT2D eigenvalue weighted by Gasteiger charge is 2.29. The van der Waals surface area contributed by atoms with Gasteiger partial charge in [-0.05, 0) is 38.1 Å². The number of aryl methyl sites for hydroxylation is 1. The first-order chi connectivity index (χ1) is 9.91. The van der Waals surface area contributed by atoms with E-state index >= 15 is 0 Å². The second kappa shape index (κ2) is 5.82. The Hall–Kier alpha value is -1.93. The molecule has 0 spiro atoms. The van der Waals surface area contributed by atoms with E-state index in [9.17, 15) is 12.8 Å². The van der Waals surface area contributed by atoms with Crippen LogP contribution in [0.1, 0.15) is 18.2 Å². The van der Waals surface area contributed by atoms with Crippen molar-refractivity contribution in [2.24, 2.45) is 5.73 Å². The van der Waals surface area contributed by atoms with Crippen molar-refractivity contribution >= 4 is 15.7 Å². The van der Waals surface area contributed by atoms with E-state index in [1.165, 1.54) is 28.6 Å². The summed E-state index contributed by atoms with van der Waals surface area (Å²) in [6.07, 6.45) is 0. The monoisotopic (exact) mass is 312 g/mol. The average Bonchev–Trinajstić information content (AvgIpc) is 2.83. The lowest BCUT2D eigenvalue weighted by Gasteiger charge is -2.22. The van der Waals surface area contributed by atoms with Crippen molar-refractivity contribution in [2.75, 3.05) is 10.8 Å². The van der Waals surface area contributed by atoms with Crippen LogP contribution in [0.25, 0.3) is 0 Å². The van der Waals surface area contributed by atoms with Crippen LogP contribution < -0.4 is 10.0 Å². The number of hydrogen-bond donors (Lipinski definition) is 2. The average molecular weight is 312 g/mol. The maximum Gasteiger partial charge on any atom is 0.283 e. The Morgan fingerprint density at radius 3 is 2.48 bits per heavy atom. The molecule has 0 radical (unpaired) electrons. The maximum absolute atomic E-state index is 13.0. The van der Waals surface area contributed by atoms with Crippen molar-refractivity contribution in [1.29, 1.82) is 0 Å². The fraction of sp³-hybridized carbons (Fsp3) is 0.308. The molecule has 6 nitrogen and oxygen atoms in total. The lowest BCUT2D eigenvalue weighted by molar-refractivity contribution is 0.586. The van der Waals surface area contributed by atoms with Gasteiger partial charge in [0.2, 0.25) is 5.03 Å². The first-order valence-corrected chi connectivity index (χ1v) is 7.88. The van der Waals surface area contributed by atoms with E-state index in [1.807, 2.05) is 0 Å². The molecule has 21 heavy (non-hydrogen) atoms. The van der Waals surface area contributed by atoms with Crippen molar-refractivity contribution in [3.05, 3.63) is 41.3 Å². The molecule has 1 aromatic carbocycles. The molecule has 8 heteroatoms. The first-order valence-electron chi connectivity index (χ1n) is 6.44. The van der Waals surface area contributed by atoms with E-state index in [2.05, 4.69) is 10.2 Å². The predicted octanol–water partition coefficient (Wildman–Crippen LogP) is 1.53. The number of aromatic nitrogens is 2. The third-order valence-electron chi connectivity index (χ3n) is 3.18. The number of hydrogen-bond acceptors (Lipinski definition) is 4. The van der Waals surface area contributed by atoms with Gasteiger partial charge in [0.25, 0.3) is 10.0 Å². The van der Waals surface area contributed by atoms with Gasteiger partial charge in [-0.25, -0.2) is 4.39 Å². The Kier molecular flexibility index (Phi) is 4.29. The zero-order valence-corrected chi connectivity index (χ0v) is 12.6. The van der Waals surface area contributed by atoms with Gasteiger partial charge in [0, 0.05) is 24.3 Å². The van der Waals surface area contributed by atoms with Crippen molar-refractivity contribution in [1.82, 2.24) is 10.2 Å². The molecule has 0 fully saturated rings. The molecule has 0 saturated heterocycles. The topological polar surface area (TPSA) is 92.1 Å². The molecule has 2 aromatic rings. The Labute approximate surface area is 122 Å². The molecule has 0 aliphatic carbocycles. The molecule has 0 unspecified atom stereocenters. The van der Waals surface area contributed by atoms with Crippen LogP contribution in [-0.4, -0.2) is 25.2 Å². The van der Waals surface area contributed by atoms with Gasteiger partial charge in [0.15, 0.2) is 0 Å². The van der Waals surface area contributed by atoms with Crippen LogP contribution in [0.15, 0.2) is 29.3 Å². The first kappa shape index (κ1) is 15.5. The minimum Gasteiger partial charge on any atom is -0.326 e. The van der Waals surface area contributed by atoms with Crippen molar-refractivity contribution in [3.63, 3.8) is 0 Å². The number of rotatable bonds is 5. The minimum atomic E-state index is -3.85. The molecule has 2 rings (SSSR count). The van der Waals surface area contributed by atoms with Gasteiger partial charge in [0.1, 0.15) is 5.82 Å². The second-order valence-electron chi connectivity index (χ2n) is 4.48. The van der Waals surface area contributed by atoms with Crippen LogP contribution in [0.4, 0.5) is 10.1 Å². The van der Waals surface area contributed by atoms with Crippen molar-refractivity contribution in [2.45, 2.75) is 25.4 Å². The number of aromatic amines is 1. The van der Waals surface area contributed by atoms with E-state index in [0.717, 1.165) is 0 Å². The molecule has 0 aliphatic heterocycles. The molecule has 0 atom stereocenters.